The SMILES string of the molecule is COc1ccc([C@H]2C(=C(O)c3ccc(F)cc3)C(=O)C(=O)N2CC[NH+](C)C)cc1. The number of carbonyl (C=O) groups is 2. The van der Waals surface area contributed by atoms with E-state index in [1.54, 1.807) is 31.4 Å². The maximum Gasteiger partial charge on any atom is 0.295 e. The highest BCUT2D eigenvalue weighted by molar-refractivity contribution is 6.46. The third kappa shape index (κ3) is 4.14. The lowest BCUT2D eigenvalue weighted by atomic mass is 9.95. The van der Waals surface area contributed by atoms with E-state index in [0.29, 0.717) is 24.4 Å². The van der Waals surface area contributed by atoms with Crippen LogP contribution < -0.4 is 9.64 Å². The van der Waals surface area contributed by atoms with Gasteiger partial charge in [0, 0.05) is 5.56 Å². The summed E-state index contributed by atoms with van der Waals surface area (Å²) in [5.41, 5.74) is 0.962. The van der Waals surface area contributed by atoms with Crippen LogP contribution in [0.5, 0.6) is 5.75 Å². The fourth-order valence-electron chi connectivity index (χ4n) is 3.35. The number of Topliss-reactive ketones (excluding diaryl/α,β-unsaturated/α-hetero) is 1. The average Bonchev–Trinajstić information content (AvgIpc) is 2.97. The number of ketones is 1. The molecule has 1 aliphatic rings. The number of aliphatic hydroxyl groups is 1. The molecular formula is C22H24FN2O4+. The molecule has 0 radical (unpaired) electrons. The van der Waals surface area contributed by atoms with E-state index in [0.717, 1.165) is 4.90 Å². The second kappa shape index (κ2) is 8.45. The van der Waals surface area contributed by atoms with Gasteiger partial charge in [-0.15, -0.1) is 0 Å². The standard InChI is InChI=1S/C22H23FN2O4/c1-24(2)12-13-25-19(14-6-10-17(29-3)11-7-14)18(21(27)22(25)28)20(26)15-4-8-16(23)9-5-15/h4-11,19,26H,12-13H2,1-3H3/p+1/t19-/m0/s1. The second-order valence-electron chi connectivity index (χ2n) is 7.23. The molecule has 0 unspecified atom stereocenters. The maximum absolute atomic E-state index is 13.3. The quantitative estimate of drug-likeness (QED) is 0.438. The topological polar surface area (TPSA) is 71.3 Å². The van der Waals surface area contributed by atoms with E-state index < -0.39 is 23.5 Å². The van der Waals surface area contributed by atoms with Gasteiger partial charge in [-0.3, -0.25) is 9.59 Å². The Labute approximate surface area is 168 Å². The fourth-order valence-corrected chi connectivity index (χ4v) is 3.35. The highest BCUT2D eigenvalue weighted by atomic mass is 19.1. The molecule has 0 aliphatic carbocycles. The first-order valence-electron chi connectivity index (χ1n) is 9.30. The summed E-state index contributed by atoms with van der Waals surface area (Å²) in [6, 6.07) is 11.4. The lowest BCUT2D eigenvalue weighted by molar-refractivity contribution is -0.857. The minimum absolute atomic E-state index is 0.000492. The minimum atomic E-state index is -0.749. The summed E-state index contributed by atoms with van der Waals surface area (Å²) in [5, 5.41) is 10.9. The van der Waals surface area contributed by atoms with Crippen molar-refractivity contribution in [3.05, 3.63) is 71.0 Å². The van der Waals surface area contributed by atoms with E-state index >= 15 is 0 Å². The van der Waals surface area contributed by atoms with E-state index in [9.17, 15) is 19.1 Å². The van der Waals surface area contributed by atoms with Crippen molar-refractivity contribution in [3.8, 4) is 5.75 Å². The molecule has 1 heterocycles. The van der Waals surface area contributed by atoms with Crippen LogP contribution >= 0.6 is 0 Å². The molecule has 6 nitrogen and oxygen atoms in total. The van der Waals surface area contributed by atoms with Gasteiger partial charge in [0.2, 0.25) is 0 Å². The molecule has 0 aromatic heterocycles. The Morgan fingerprint density at radius 1 is 1.10 bits per heavy atom. The van der Waals surface area contributed by atoms with Crippen LogP contribution in [0.3, 0.4) is 0 Å². The van der Waals surface area contributed by atoms with Crippen LogP contribution in [-0.2, 0) is 9.59 Å². The first-order chi connectivity index (χ1) is 13.8. The summed E-state index contributed by atoms with van der Waals surface area (Å²) in [6.07, 6.45) is 0. The molecule has 0 saturated carbocycles. The zero-order valence-corrected chi connectivity index (χ0v) is 16.6. The summed E-state index contributed by atoms with van der Waals surface area (Å²) in [6.45, 7) is 0.986. The number of quaternary nitrogens is 1. The second-order valence-corrected chi connectivity index (χ2v) is 7.23. The lowest BCUT2D eigenvalue weighted by Gasteiger charge is -2.25. The number of carbonyl (C=O) groups excluding carboxylic acids is 2. The summed E-state index contributed by atoms with van der Waals surface area (Å²) in [7, 11) is 5.46. The number of halogens is 1. The third-order valence-electron chi connectivity index (χ3n) is 4.94. The van der Waals surface area contributed by atoms with Gasteiger partial charge in [-0.25, -0.2) is 4.39 Å². The van der Waals surface area contributed by atoms with E-state index in [-0.39, 0.29) is 16.9 Å². The maximum atomic E-state index is 13.3. The first kappa shape index (κ1) is 20.5. The molecule has 1 atom stereocenters. The van der Waals surface area contributed by atoms with E-state index in [4.69, 9.17) is 4.74 Å². The normalized spacial score (nSPS) is 18.5. The summed E-state index contributed by atoms with van der Waals surface area (Å²) < 4.78 is 18.5. The van der Waals surface area contributed by atoms with Gasteiger partial charge >= 0.3 is 0 Å². The number of aliphatic hydroxyl groups excluding tert-OH is 1. The van der Waals surface area contributed by atoms with E-state index in [1.807, 2.05) is 14.1 Å². The van der Waals surface area contributed by atoms with Crippen molar-refractivity contribution in [1.29, 1.82) is 0 Å². The predicted octanol–water partition coefficient (Wildman–Crippen LogP) is 1.40. The monoisotopic (exact) mass is 399 g/mol. The van der Waals surface area contributed by atoms with Gasteiger partial charge in [-0.05, 0) is 42.0 Å². The molecule has 1 saturated heterocycles. The molecule has 1 fully saturated rings. The van der Waals surface area contributed by atoms with Crippen LogP contribution in [0.25, 0.3) is 5.76 Å². The van der Waals surface area contributed by atoms with Crippen molar-refractivity contribution in [2.24, 2.45) is 0 Å². The van der Waals surface area contributed by atoms with E-state index in [2.05, 4.69) is 0 Å². The van der Waals surface area contributed by atoms with Crippen LogP contribution in [0.15, 0.2) is 54.1 Å². The van der Waals surface area contributed by atoms with Crippen molar-refractivity contribution in [1.82, 2.24) is 4.90 Å². The van der Waals surface area contributed by atoms with Crippen molar-refractivity contribution >= 4 is 17.4 Å². The molecule has 152 valence electrons. The average molecular weight is 399 g/mol. The molecule has 0 spiro atoms. The van der Waals surface area contributed by atoms with Gasteiger partial charge in [0.05, 0.1) is 45.9 Å². The van der Waals surface area contributed by atoms with Crippen molar-refractivity contribution in [2.75, 3.05) is 34.3 Å². The number of hydrogen-bond acceptors (Lipinski definition) is 4. The number of nitrogens with one attached hydrogen (secondary N) is 1. The zero-order valence-electron chi connectivity index (χ0n) is 16.6. The molecule has 3 rings (SSSR count). The molecule has 29 heavy (non-hydrogen) atoms. The van der Waals surface area contributed by atoms with Gasteiger partial charge in [-0.2, -0.15) is 0 Å². The number of nitrogens with zero attached hydrogens (tertiary/aromatic N) is 1. The molecule has 2 aromatic rings. The number of methoxy groups -OCH3 is 1. The highest BCUT2D eigenvalue weighted by Gasteiger charge is 2.46. The number of ether oxygens (including phenoxy) is 1. The number of likely N-dealkylation sites (N-methyl/N-ethyl adjacent to an activating group) is 1. The Balaban J connectivity index is 2.12. The Hall–Kier alpha value is -3.19. The minimum Gasteiger partial charge on any atom is -0.507 e. The summed E-state index contributed by atoms with van der Waals surface area (Å²) in [4.78, 5) is 28.2. The number of rotatable bonds is 6. The van der Waals surface area contributed by atoms with Crippen LogP contribution in [0.4, 0.5) is 4.39 Å². The highest BCUT2D eigenvalue weighted by Crippen LogP contribution is 2.39. The van der Waals surface area contributed by atoms with Crippen molar-refractivity contribution in [3.63, 3.8) is 0 Å². The molecule has 0 bridgehead atoms. The summed E-state index contributed by atoms with van der Waals surface area (Å²) in [5.74, 6) is -1.54. The predicted molar refractivity (Wildman–Crippen MR) is 106 cm³/mol. The van der Waals surface area contributed by atoms with Gasteiger partial charge < -0.3 is 19.6 Å². The van der Waals surface area contributed by atoms with Gasteiger partial charge in [0.25, 0.3) is 11.7 Å². The van der Waals surface area contributed by atoms with Crippen molar-refractivity contribution < 1.29 is 28.7 Å². The van der Waals surface area contributed by atoms with Crippen LogP contribution in [0.2, 0.25) is 0 Å². The lowest BCUT2D eigenvalue weighted by Crippen LogP contribution is -3.06. The number of amides is 1. The van der Waals surface area contributed by atoms with Crippen LogP contribution in [-0.4, -0.2) is 56.0 Å². The van der Waals surface area contributed by atoms with E-state index in [1.165, 1.54) is 29.2 Å². The number of likely N-dealkylation sites (tertiary alicyclic amines) is 1. The molecule has 2 aromatic carbocycles. The largest absolute Gasteiger partial charge is 0.507 e. The smallest absolute Gasteiger partial charge is 0.295 e. The molecule has 1 aliphatic heterocycles. The Bertz CT molecular complexity index is 936. The summed E-state index contributed by atoms with van der Waals surface area (Å²) >= 11 is 0. The number of benzene rings is 2. The molecular weight excluding hydrogens is 375 g/mol. The molecule has 7 heteroatoms. The van der Waals surface area contributed by atoms with Crippen LogP contribution in [0.1, 0.15) is 17.2 Å². The Morgan fingerprint density at radius 2 is 1.72 bits per heavy atom. The zero-order chi connectivity index (χ0) is 21.1. The Kier molecular flexibility index (Phi) is 5.98. The van der Waals surface area contributed by atoms with Crippen molar-refractivity contribution in [2.45, 2.75) is 6.04 Å². The molecule has 2 N–H and O–H groups in total. The third-order valence-corrected chi connectivity index (χ3v) is 4.94. The molecule has 1 amide bonds. The Morgan fingerprint density at radius 3 is 2.28 bits per heavy atom. The van der Waals surface area contributed by atoms with Crippen LogP contribution in [0, 0.1) is 5.82 Å². The van der Waals surface area contributed by atoms with Gasteiger partial charge in [-0.1, -0.05) is 12.1 Å². The fraction of sp³-hybridized carbons (Fsp3) is 0.273. The number of hydrogen-bond donors (Lipinski definition) is 2. The van der Waals surface area contributed by atoms with Gasteiger partial charge in [0.1, 0.15) is 17.3 Å². The van der Waals surface area contributed by atoms with Gasteiger partial charge in [0.15, 0.2) is 0 Å². The first-order valence-corrected chi connectivity index (χ1v) is 9.30.